The highest BCUT2D eigenvalue weighted by Gasteiger charge is 2.28. The molecule has 1 saturated carbocycles. The highest BCUT2D eigenvalue weighted by Crippen LogP contribution is 2.34. The number of ether oxygens (including phenoxy) is 2. The van der Waals surface area contributed by atoms with Crippen molar-refractivity contribution in [2.24, 2.45) is 0 Å². The van der Waals surface area contributed by atoms with Gasteiger partial charge in [-0.3, -0.25) is 4.79 Å². The summed E-state index contributed by atoms with van der Waals surface area (Å²) in [6, 6.07) is 2.40. The van der Waals surface area contributed by atoms with Gasteiger partial charge in [-0.25, -0.2) is 9.78 Å². The van der Waals surface area contributed by atoms with E-state index < -0.39 is 5.97 Å². The smallest absolute Gasteiger partial charge is 0.356 e. The van der Waals surface area contributed by atoms with Crippen molar-refractivity contribution in [2.75, 3.05) is 24.4 Å². The van der Waals surface area contributed by atoms with Crippen LogP contribution in [0, 0.1) is 0 Å². The van der Waals surface area contributed by atoms with Gasteiger partial charge < -0.3 is 24.7 Å². The van der Waals surface area contributed by atoms with Crippen LogP contribution in [-0.4, -0.2) is 47.3 Å². The molecule has 3 heterocycles. The Kier molecular flexibility index (Phi) is 6.22. The molecule has 162 valence electrons. The van der Waals surface area contributed by atoms with Gasteiger partial charge in [0.25, 0.3) is 0 Å². The molecule has 2 aromatic rings. The standard InChI is InChI=1S/C22H30N4O4/c1-14(27)24-19-18-11-16(25-15-7-4-3-5-8-15)12-23-21(18)26(20(19)22(28)29-2)13-17-9-6-10-30-17/h11-12,15,17,25H,3-10,13H2,1-2H3,(H,24,27)/t17-/m1/s1. The fourth-order valence-electron chi connectivity index (χ4n) is 4.57. The second kappa shape index (κ2) is 9.04. The Morgan fingerprint density at radius 3 is 2.70 bits per heavy atom. The van der Waals surface area contributed by atoms with Gasteiger partial charge in [0.1, 0.15) is 5.65 Å². The van der Waals surface area contributed by atoms with Crippen molar-refractivity contribution >= 4 is 34.3 Å². The molecular formula is C22H30N4O4. The fourth-order valence-corrected chi connectivity index (χ4v) is 4.57. The van der Waals surface area contributed by atoms with Crippen LogP contribution in [0.3, 0.4) is 0 Å². The van der Waals surface area contributed by atoms with Gasteiger partial charge in [-0.15, -0.1) is 0 Å². The van der Waals surface area contributed by atoms with Gasteiger partial charge in [-0.1, -0.05) is 19.3 Å². The summed E-state index contributed by atoms with van der Waals surface area (Å²) < 4.78 is 12.7. The minimum atomic E-state index is -0.503. The van der Waals surface area contributed by atoms with Gasteiger partial charge in [-0.2, -0.15) is 0 Å². The molecule has 8 nitrogen and oxygen atoms in total. The molecule has 0 unspecified atom stereocenters. The Balaban J connectivity index is 1.78. The van der Waals surface area contributed by atoms with Gasteiger partial charge in [0.15, 0.2) is 5.69 Å². The number of rotatable bonds is 6. The zero-order valence-electron chi connectivity index (χ0n) is 17.7. The maximum Gasteiger partial charge on any atom is 0.356 e. The van der Waals surface area contributed by atoms with Crippen molar-refractivity contribution in [3.8, 4) is 0 Å². The molecule has 0 spiro atoms. The molecule has 4 rings (SSSR count). The lowest BCUT2D eigenvalue weighted by atomic mass is 9.95. The highest BCUT2D eigenvalue weighted by atomic mass is 16.5. The molecule has 2 aliphatic rings. The normalized spacial score (nSPS) is 19.7. The first-order valence-electron chi connectivity index (χ1n) is 10.8. The van der Waals surface area contributed by atoms with Crippen LogP contribution >= 0.6 is 0 Å². The number of fused-ring (bicyclic) bond motifs is 1. The second-order valence-corrected chi connectivity index (χ2v) is 8.22. The van der Waals surface area contributed by atoms with Crippen LogP contribution in [0.5, 0.6) is 0 Å². The van der Waals surface area contributed by atoms with E-state index in [2.05, 4.69) is 15.6 Å². The summed E-state index contributed by atoms with van der Waals surface area (Å²) in [6.07, 6.45) is 9.78. The summed E-state index contributed by atoms with van der Waals surface area (Å²) in [5, 5.41) is 7.14. The summed E-state index contributed by atoms with van der Waals surface area (Å²) in [5.41, 5.74) is 2.29. The Bertz CT molecular complexity index is 927. The maximum atomic E-state index is 12.7. The van der Waals surface area contributed by atoms with E-state index in [1.165, 1.54) is 33.3 Å². The number of aromatic nitrogens is 2. The number of methoxy groups -OCH3 is 1. The quantitative estimate of drug-likeness (QED) is 0.700. The first-order chi connectivity index (χ1) is 14.6. The molecule has 30 heavy (non-hydrogen) atoms. The molecular weight excluding hydrogens is 384 g/mol. The minimum absolute atomic E-state index is 0.0102. The van der Waals surface area contributed by atoms with Crippen molar-refractivity contribution in [3.63, 3.8) is 0 Å². The topological polar surface area (TPSA) is 94.5 Å². The average Bonchev–Trinajstić information content (AvgIpc) is 3.35. The highest BCUT2D eigenvalue weighted by molar-refractivity contribution is 6.10. The third kappa shape index (κ3) is 4.28. The van der Waals surface area contributed by atoms with Crippen LogP contribution in [0.15, 0.2) is 12.3 Å². The van der Waals surface area contributed by atoms with E-state index in [0.29, 0.717) is 29.6 Å². The molecule has 1 atom stereocenters. The number of nitrogens with one attached hydrogen (secondary N) is 2. The summed E-state index contributed by atoms with van der Waals surface area (Å²) >= 11 is 0. The lowest BCUT2D eigenvalue weighted by Crippen LogP contribution is -2.22. The molecule has 1 saturated heterocycles. The third-order valence-electron chi connectivity index (χ3n) is 5.96. The van der Waals surface area contributed by atoms with Crippen molar-refractivity contribution < 1.29 is 19.1 Å². The number of amides is 1. The van der Waals surface area contributed by atoms with Crippen LogP contribution in [-0.2, 0) is 20.8 Å². The van der Waals surface area contributed by atoms with Crippen molar-refractivity contribution in [2.45, 2.75) is 70.6 Å². The van der Waals surface area contributed by atoms with E-state index in [1.807, 2.05) is 16.8 Å². The molecule has 2 aromatic heterocycles. The number of carbonyl (C=O) groups excluding carboxylic acids is 2. The van der Waals surface area contributed by atoms with Crippen LogP contribution in [0.4, 0.5) is 11.4 Å². The Labute approximate surface area is 176 Å². The number of anilines is 2. The molecule has 8 heteroatoms. The summed E-state index contributed by atoms with van der Waals surface area (Å²) in [5.74, 6) is -0.751. The van der Waals surface area contributed by atoms with Gasteiger partial charge in [0.2, 0.25) is 5.91 Å². The molecule has 0 bridgehead atoms. The van der Waals surface area contributed by atoms with Gasteiger partial charge >= 0.3 is 5.97 Å². The first-order valence-corrected chi connectivity index (χ1v) is 10.8. The van der Waals surface area contributed by atoms with Gasteiger partial charge in [0, 0.05) is 25.0 Å². The number of pyridine rings is 1. The van der Waals surface area contributed by atoms with Crippen molar-refractivity contribution in [3.05, 3.63) is 18.0 Å². The molecule has 1 aliphatic carbocycles. The van der Waals surface area contributed by atoms with Crippen molar-refractivity contribution in [1.82, 2.24) is 9.55 Å². The molecule has 0 aromatic carbocycles. The second-order valence-electron chi connectivity index (χ2n) is 8.22. The number of esters is 1. The summed E-state index contributed by atoms with van der Waals surface area (Å²) in [7, 11) is 1.34. The minimum Gasteiger partial charge on any atom is -0.464 e. The average molecular weight is 415 g/mol. The first kappa shape index (κ1) is 20.7. The van der Waals surface area contributed by atoms with Gasteiger partial charge in [-0.05, 0) is 31.7 Å². The van der Waals surface area contributed by atoms with Crippen LogP contribution in [0.25, 0.3) is 11.0 Å². The van der Waals surface area contributed by atoms with E-state index in [-0.39, 0.29) is 12.0 Å². The number of hydrogen-bond acceptors (Lipinski definition) is 6. The summed E-state index contributed by atoms with van der Waals surface area (Å²) in [4.78, 5) is 29.3. The van der Waals surface area contributed by atoms with Crippen LogP contribution in [0.2, 0.25) is 0 Å². The molecule has 2 fully saturated rings. The fraction of sp³-hybridized carbons (Fsp3) is 0.591. The Morgan fingerprint density at radius 2 is 2.03 bits per heavy atom. The zero-order valence-corrected chi connectivity index (χ0v) is 17.7. The zero-order chi connectivity index (χ0) is 21.1. The number of hydrogen-bond donors (Lipinski definition) is 2. The molecule has 2 N–H and O–H groups in total. The van der Waals surface area contributed by atoms with E-state index in [1.54, 1.807) is 0 Å². The van der Waals surface area contributed by atoms with E-state index in [0.717, 1.165) is 43.4 Å². The molecule has 1 aliphatic heterocycles. The van der Waals surface area contributed by atoms with Crippen LogP contribution < -0.4 is 10.6 Å². The maximum absolute atomic E-state index is 12.7. The van der Waals surface area contributed by atoms with E-state index in [4.69, 9.17) is 9.47 Å². The SMILES string of the molecule is COC(=O)c1c(NC(C)=O)c2cc(NC3CCCCC3)cnc2n1C[C@H]1CCCO1. The number of nitrogens with zero attached hydrogens (tertiary/aromatic N) is 2. The lowest BCUT2D eigenvalue weighted by Gasteiger charge is -2.23. The third-order valence-corrected chi connectivity index (χ3v) is 5.96. The molecule has 1 amide bonds. The van der Waals surface area contributed by atoms with Crippen LogP contribution in [0.1, 0.15) is 62.4 Å². The van der Waals surface area contributed by atoms with E-state index in [9.17, 15) is 9.59 Å². The predicted octanol–water partition coefficient (Wildman–Crippen LogP) is 3.70. The monoisotopic (exact) mass is 414 g/mol. The molecule has 0 radical (unpaired) electrons. The predicted molar refractivity (Wildman–Crippen MR) is 115 cm³/mol. The van der Waals surface area contributed by atoms with Crippen molar-refractivity contribution in [1.29, 1.82) is 0 Å². The Morgan fingerprint density at radius 1 is 1.23 bits per heavy atom. The van der Waals surface area contributed by atoms with Gasteiger partial charge in [0.05, 0.1) is 37.3 Å². The number of carbonyl (C=O) groups is 2. The largest absolute Gasteiger partial charge is 0.464 e. The summed E-state index contributed by atoms with van der Waals surface area (Å²) in [6.45, 7) is 2.64. The lowest BCUT2D eigenvalue weighted by molar-refractivity contribution is -0.114. The Hall–Kier alpha value is -2.61. The van der Waals surface area contributed by atoms with E-state index >= 15 is 0 Å².